The van der Waals surface area contributed by atoms with E-state index >= 15 is 0 Å². The number of ether oxygens (including phenoxy) is 1. The summed E-state index contributed by atoms with van der Waals surface area (Å²) >= 11 is 1.57. The molecule has 0 saturated heterocycles. The van der Waals surface area contributed by atoms with Gasteiger partial charge in [0.15, 0.2) is 0 Å². The largest absolute Gasteiger partial charge is 0.383 e. The van der Waals surface area contributed by atoms with Gasteiger partial charge >= 0.3 is 0 Å². The number of amides is 1. The number of aromatic nitrogens is 1. The van der Waals surface area contributed by atoms with Gasteiger partial charge in [0, 0.05) is 19.2 Å². The van der Waals surface area contributed by atoms with Crippen LogP contribution in [0.15, 0.2) is 30.3 Å². The summed E-state index contributed by atoms with van der Waals surface area (Å²) in [6.07, 6.45) is 3.24. The van der Waals surface area contributed by atoms with Crippen LogP contribution in [0.25, 0.3) is 16.3 Å². The number of rotatable bonds is 5. The van der Waals surface area contributed by atoms with Gasteiger partial charge in [0.1, 0.15) is 5.01 Å². The molecule has 0 radical (unpaired) electrons. The molecule has 0 aliphatic rings. The molecule has 0 bridgehead atoms. The van der Waals surface area contributed by atoms with Crippen LogP contribution in [0.4, 0.5) is 0 Å². The standard InChI is InChI=1S/C14H16N2O2S/c1-10(9-18-2)15-13(17)7-8-14-16-11-5-3-4-6-12(11)19-14/h3-8,10H,9H2,1-2H3,(H,15,17)/b8-7+. The highest BCUT2D eigenvalue weighted by Crippen LogP contribution is 2.22. The molecule has 0 saturated carbocycles. The first-order valence-corrected chi connectivity index (χ1v) is 6.84. The van der Waals surface area contributed by atoms with E-state index < -0.39 is 0 Å². The first-order chi connectivity index (χ1) is 9.19. The van der Waals surface area contributed by atoms with Gasteiger partial charge in [0.05, 0.1) is 16.8 Å². The summed E-state index contributed by atoms with van der Waals surface area (Å²) in [4.78, 5) is 16.1. The second-order valence-corrected chi connectivity index (χ2v) is 5.28. The first kappa shape index (κ1) is 13.7. The van der Waals surface area contributed by atoms with Crippen LogP contribution in [-0.2, 0) is 9.53 Å². The quantitative estimate of drug-likeness (QED) is 0.853. The highest BCUT2D eigenvalue weighted by atomic mass is 32.1. The number of nitrogens with zero attached hydrogens (tertiary/aromatic N) is 1. The maximum absolute atomic E-state index is 11.6. The van der Waals surface area contributed by atoms with Crippen LogP contribution in [0, 0.1) is 0 Å². The molecule has 4 nitrogen and oxygen atoms in total. The number of nitrogens with one attached hydrogen (secondary N) is 1. The Labute approximate surface area is 116 Å². The molecule has 0 spiro atoms. The number of hydrogen-bond donors (Lipinski definition) is 1. The van der Waals surface area contributed by atoms with Gasteiger partial charge in [-0.05, 0) is 25.1 Å². The summed E-state index contributed by atoms with van der Waals surface area (Å²) in [5, 5.41) is 3.64. The normalized spacial score (nSPS) is 12.9. The lowest BCUT2D eigenvalue weighted by molar-refractivity contribution is -0.117. The van der Waals surface area contributed by atoms with Gasteiger partial charge in [-0.15, -0.1) is 11.3 Å². The van der Waals surface area contributed by atoms with E-state index in [4.69, 9.17) is 4.74 Å². The predicted molar refractivity (Wildman–Crippen MR) is 78.1 cm³/mol. The van der Waals surface area contributed by atoms with Crippen LogP contribution in [0.2, 0.25) is 0 Å². The van der Waals surface area contributed by atoms with Gasteiger partial charge < -0.3 is 10.1 Å². The Morgan fingerprint density at radius 2 is 2.32 bits per heavy atom. The topological polar surface area (TPSA) is 51.2 Å². The molecule has 1 unspecified atom stereocenters. The predicted octanol–water partition coefficient (Wildman–Crippen LogP) is 2.46. The fraction of sp³-hybridized carbons (Fsp3) is 0.286. The van der Waals surface area contributed by atoms with Gasteiger partial charge in [-0.3, -0.25) is 4.79 Å². The minimum absolute atomic E-state index is 0.00230. The van der Waals surface area contributed by atoms with E-state index in [9.17, 15) is 4.79 Å². The van der Waals surface area contributed by atoms with Crippen molar-refractivity contribution in [3.63, 3.8) is 0 Å². The Morgan fingerprint density at radius 3 is 3.05 bits per heavy atom. The molecule has 1 aromatic heterocycles. The van der Waals surface area contributed by atoms with Crippen molar-refractivity contribution in [3.05, 3.63) is 35.3 Å². The third-order valence-electron chi connectivity index (χ3n) is 2.49. The van der Waals surface area contributed by atoms with E-state index in [1.54, 1.807) is 24.5 Å². The summed E-state index contributed by atoms with van der Waals surface area (Å²) in [6, 6.07) is 7.91. The molecule has 1 N–H and O–H groups in total. The molecule has 2 aromatic rings. The molecule has 5 heteroatoms. The monoisotopic (exact) mass is 276 g/mol. The van der Waals surface area contributed by atoms with E-state index in [0.29, 0.717) is 6.61 Å². The summed E-state index contributed by atoms with van der Waals surface area (Å²) < 4.78 is 6.08. The molecule has 0 aliphatic heterocycles. The molecule has 19 heavy (non-hydrogen) atoms. The van der Waals surface area contributed by atoms with Crippen LogP contribution >= 0.6 is 11.3 Å². The van der Waals surface area contributed by atoms with E-state index in [2.05, 4.69) is 10.3 Å². The number of hydrogen-bond acceptors (Lipinski definition) is 4. The van der Waals surface area contributed by atoms with Crippen molar-refractivity contribution in [2.45, 2.75) is 13.0 Å². The Bertz CT molecular complexity index is 559. The minimum atomic E-state index is -0.135. The Balaban J connectivity index is 1.99. The van der Waals surface area contributed by atoms with E-state index in [1.807, 2.05) is 31.2 Å². The lowest BCUT2D eigenvalue weighted by atomic mass is 10.3. The fourth-order valence-electron chi connectivity index (χ4n) is 1.69. The molecule has 1 aromatic carbocycles. The highest BCUT2D eigenvalue weighted by Gasteiger charge is 2.04. The summed E-state index contributed by atoms with van der Waals surface area (Å²) in [5.41, 5.74) is 0.959. The van der Waals surface area contributed by atoms with E-state index in [-0.39, 0.29) is 11.9 Å². The molecule has 2 rings (SSSR count). The second kappa shape index (κ2) is 6.45. The molecule has 0 fully saturated rings. The average Bonchev–Trinajstić information content (AvgIpc) is 2.79. The van der Waals surface area contributed by atoms with Gasteiger partial charge in [-0.25, -0.2) is 4.98 Å². The SMILES string of the molecule is COCC(C)NC(=O)/C=C/c1nc2ccccc2s1. The fourth-order valence-corrected chi connectivity index (χ4v) is 2.56. The van der Waals surface area contributed by atoms with E-state index in [1.165, 1.54) is 6.08 Å². The minimum Gasteiger partial charge on any atom is -0.383 e. The van der Waals surface area contributed by atoms with Crippen molar-refractivity contribution in [1.82, 2.24) is 10.3 Å². The number of methoxy groups -OCH3 is 1. The molecular weight excluding hydrogens is 260 g/mol. The van der Waals surface area contributed by atoms with Crippen molar-refractivity contribution in [2.75, 3.05) is 13.7 Å². The summed E-state index contributed by atoms with van der Waals surface area (Å²) in [5.74, 6) is -0.135. The molecule has 1 heterocycles. The van der Waals surface area contributed by atoms with Crippen LogP contribution in [0.3, 0.4) is 0 Å². The van der Waals surface area contributed by atoms with Crippen molar-refractivity contribution in [1.29, 1.82) is 0 Å². The molecular formula is C14H16N2O2S. The van der Waals surface area contributed by atoms with Gasteiger partial charge in [-0.1, -0.05) is 12.1 Å². The Morgan fingerprint density at radius 1 is 1.53 bits per heavy atom. The Kier molecular flexibility index (Phi) is 4.65. The van der Waals surface area contributed by atoms with Gasteiger partial charge in [0.2, 0.25) is 5.91 Å². The smallest absolute Gasteiger partial charge is 0.244 e. The van der Waals surface area contributed by atoms with Crippen molar-refractivity contribution in [2.24, 2.45) is 0 Å². The number of carbonyl (C=O) groups is 1. The zero-order chi connectivity index (χ0) is 13.7. The second-order valence-electron chi connectivity index (χ2n) is 4.22. The lowest BCUT2D eigenvalue weighted by Gasteiger charge is -2.10. The lowest BCUT2D eigenvalue weighted by Crippen LogP contribution is -2.34. The van der Waals surface area contributed by atoms with Crippen LogP contribution in [-0.4, -0.2) is 30.6 Å². The average molecular weight is 276 g/mol. The third kappa shape index (κ3) is 3.87. The van der Waals surface area contributed by atoms with Crippen molar-refractivity contribution < 1.29 is 9.53 Å². The van der Waals surface area contributed by atoms with Gasteiger partial charge in [0.25, 0.3) is 0 Å². The molecule has 100 valence electrons. The number of para-hydroxylation sites is 1. The summed E-state index contributed by atoms with van der Waals surface area (Å²) in [6.45, 7) is 2.40. The van der Waals surface area contributed by atoms with E-state index in [0.717, 1.165) is 15.2 Å². The number of fused-ring (bicyclic) bond motifs is 1. The Hall–Kier alpha value is -1.72. The van der Waals surface area contributed by atoms with Crippen LogP contribution < -0.4 is 5.32 Å². The van der Waals surface area contributed by atoms with Crippen LogP contribution in [0.5, 0.6) is 0 Å². The maximum Gasteiger partial charge on any atom is 0.244 e. The zero-order valence-corrected chi connectivity index (χ0v) is 11.7. The molecule has 1 amide bonds. The summed E-state index contributed by atoms with van der Waals surface area (Å²) in [7, 11) is 1.61. The third-order valence-corrected chi connectivity index (χ3v) is 3.49. The maximum atomic E-state index is 11.6. The van der Waals surface area contributed by atoms with Gasteiger partial charge in [-0.2, -0.15) is 0 Å². The number of benzene rings is 1. The number of thiazole rings is 1. The number of carbonyl (C=O) groups excluding carboxylic acids is 1. The molecule has 0 aliphatic carbocycles. The molecule has 1 atom stereocenters. The zero-order valence-electron chi connectivity index (χ0n) is 10.9. The highest BCUT2D eigenvalue weighted by molar-refractivity contribution is 7.19. The van der Waals surface area contributed by atoms with Crippen molar-refractivity contribution in [3.8, 4) is 0 Å². The van der Waals surface area contributed by atoms with Crippen LogP contribution in [0.1, 0.15) is 11.9 Å². The van der Waals surface area contributed by atoms with Crippen molar-refractivity contribution >= 4 is 33.5 Å². The first-order valence-electron chi connectivity index (χ1n) is 6.02.